The fraction of sp³-hybridized carbons (Fsp3) is 0.417. The minimum Gasteiger partial charge on any atom is -0.473 e. The van der Waals surface area contributed by atoms with Gasteiger partial charge < -0.3 is 10.1 Å². The molecule has 1 fully saturated rings. The summed E-state index contributed by atoms with van der Waals surface area (Å²) < 4.78 is 7.47. The number of hydrogen-bond donors (Lipinski definition) is 1. The van der Waals surface area contributed by atoms with Crippen molar-refractivity contribution in [2.75, 3.05) is 6.54 Å². The van der Waals surface area contributed by atoms with Gasteiger partial charge in [0, 0.05) is 18.9 Å². The molecule has 6 nitrogen and oxygen atoms in total. The van der Waals surface area contributed by atoms with Gasteiger partial charge in [0.25, 0.3) is 0 Å². The van der Waals surface area contributed by atoms with E-state index in [1.54, 1.807) is 16.9 Å². The molecule has 19 heavy (non-hydrogen) atoms. The SMILES string of the molecule is CC(Oc1nc(Cl)cn2nccc12)C1CNC(=O)C1. The Morgan fingerprint density at radius 2 is 2.47 bits per heavy atom. The molecule has 100 valence electrons. The summed E-state index contributed by atoms with van der Waals surface area (Å²) >= 11 is 5.93. The lowest BCUT2D eigenvalue weighted by Gasteiger charge is -2.19. The number of carbonyl (C=O) groups is 1. The third-order valence-corrected chi connectivity index (χ3v) is 3.48. The Labute approximate surface area is 114 Å². The summed E-state index contributed by atoms with van der Waals surface area (Å²) in [4.78, 5) is 15.4. The van der Waals surface area contributed by atoms with Crippen molar-refractivity contribution in [2.24, 2.45) is 5.92 Å². The predicted octanol–water partition coefficient (Wildman–Crippen LogP) is 1.29. The van der Waals surface area contributed by atoms with E-state index in [-0.39, 0.29) is 17.9 Å². The molecule has 2 atom stereocenters. The molecule has 0 bridgehead atoms. The van der Waals surface area contributed by atoms with Crippen LogP contribution in [0.25, 0.3) is 5.52 Å². The Hall–Kier alpha value is -1.82. The molecular weight excluding hydrogens is 268 g/mol. The molecule has 0 saturated carbocycles. The van der Waals surface area contributed by atoms with Crippen LogP contribution in [-0.4, -0.2) is 33.2 Å². The first kappa shape index (κ1) is 12.2. The second-order valence-electron chi connectivity index (χ2n) is 4.62. The number of nitrogens with one attached hydrogen (secondary N) is 1. The van der Waals surface area contributed by atoms with Gasteiger partial charge in [0.2, 0.25) is 11.8 Å². The topological polar surface area (TPSA) is 68.5 Å². The van der Waals surface area contributed by atoms with Gasteiger partial charge >= 0.3 is 0 Å². The Bertz CT molecular complexity index is 627. The zero-order valence-corrected chi connectivity index (χ0v) is 11.1. The van der Waals surface area contributed by atoms with Crippen molar-refractivity contribution in [1.82, 2.24) is 19.9 Å². The van der Waals surface area contributed by atoms with Crippen molar-refractivity contribution in [1.29, 1.82) is 0 Å². The van der Waals surface area contributed by atoms with E-state index >= 15 is 0 Å². The Morgan fingerprint density at radius 1 is 1.63 bits per heavy atom. The Balaban J connectivity index is 1.84. The molecule has 1 amide bonds. The predicted molar refractivity (Wildman–Crippen MR) is 69.2 cm³/mol. The van der Waals surface area contributed by atoms with Crippen LogP contribution in [0.3, 0.4) is 0 Å². The monoisotopic (exact) mass is 280 g/mol. The minimum absolute atomic E-state index is 0.0639. The molecule has 1 N–H and O–H groups in total. The van der Waals surface area contributed by atoms with E-state index in [4.69, 9.17) is 16.3 Å². The minimum atomic E-state index is -0.122. The smallest absolute Gasteiger partial charge is 0.241 e. The number of carbonyl (C=O) groups excluding carboxylic acids is 1. The number of fused-ring (bicyclic) bond motifs is 1. The van der Waals surface area contributed by atoms with Crippen LogP contribution < -0.4 is 10.1 Å². The maximum absolute atomic E-state index is 11.2. The summed E-state index contributed by atoms with van der Waals surface area (Å²) in [6.45, 7) is 2.57. The van der Waals surface area contributed by atoms with Gasteiger partial charge in [-0.1, -0.05) is 11.6 Å². The number of amides is 1. The molecule has 2 aromatic rings. The molecule has 3 rings (SSSR count). The summed E-state index contributed by atoms with van der Waals surface area (Å²) in [6.07, 6.45) is 3.64. The van der Waals surface area contributed by atoms with Crippen molar-refractivity contribution in [3.63, 3.8) is 0 Å². The molecule has 1 saturated heterocycles. The highest BCUT2D eigenvalue weighted by Crippen LogP contribution is 2.24. The number of hydrogen-bond acceptors (Lipinski definition) is 4. The zero-order chi connectivity index (χ0) is 13.4. The van der Waals surface area contributed by atoms with Gasteiger partial charge in [-0.2, -0.15) is 10.1 Å². The van der Waals surface area contributed by atoms with Crippen LogP contribution in [0.4, 0.5) is 0 Å². The van der Waals surface area contributed by atoms with Crippen LogP contribution in [0, 0.1) is 5.92 Å². The average molecular weight is 281 g/mol. The van der Waals surface area contributed by atoms with Gasteiger partial charge in [-0.05, 0) is 13.0 Å². The summed E-state index contributed by atoms with van der Waals surface area (Å²) in [7, 11) is 0. The number of ether oxygens (including phenoxy) is 1. The first-order valence-electron chi connectivity index (χ1n) is 6.07. The maximum Gasteiger partial charge on any atom is 0.241 e. The van der Waals surface area contributed by atoms with Gasteiger partial charge in [0.1, 0.15) is 11.6 Å². The van der Waals surface area contributed by atoms with Crippen LogP contribution in [0.1, 0.15) is 13.3 Å². The van der Waals surface area contributed by atoms with Crippen LogP contribution in [0.2, 0.25) is 5.15 Å². The summed E-state index contributed by atoms with van der Waals surface area (Å²) in [5.74, 6) is 0.655. The van der Waals surface area contributed by atoms with Crippen molar-refractivity contribution in [2.45, 2.75) is 19.4 Å². The fourth-order valence-electron chi connectivity index (χ4n) is 2.19. The third kappa shape index (κ3) is 2.35. The van der Waals surface area contributed by atoms with E-state index in [9.17, 15) is 4.79 Å². The van der Waals surface area contributed by atoms with Crippen molar-refractivity contribution in [3.05, 3.63) is 23.6 Å². The quantitative estimate of drug-likeness (QED) is 0.920. The highest BCUT2D eigenvalue weighted by molar-refractivity contribution is 6.29. The second kappa shape index (κ2) is 4.70. The molecule has 0 radical (unpaired) electrons. The molecule has 3 heterocycles. The first-order valence-corrected chi connectivity index (χ1v) is 6.44. The molecular formula is C12H13ClN4O2. The number of halogens is 1. The molecule has 0 spiro atoms. The van der Waals surface area contributed by atoms with Gasteiger partial charge in [-0.25, -0.2) is 4.52 Å². The van der Waals surface area contributed by atoms with E-state index in [1.807, 2.05) is 13.0 Å². The average Bonchev–Trinajstić information content (AvgIpc) is 2.97. The standard InChI is InChI=1S/C12H13ClN4O2/c1-7(8-4-11(18)14-5-8)19-12-9-2-3-15-17(9)6-10(13)16-12/h2-3,6-8H,4-5H2,1H3,(H,14,18). The lowest BCUT2D eigenvalue weighted by molar-refractivity contribution is -0.119. The van der Waals surface area contributed by atoms with Crippen molar-refractivity contribution >= 4 is 23.0 Å². The highest BCUT2D eigenvalue weighted by Gasteiger charge is 2.28. The summed E-state index contributed by atoms with van der Waals surface area (Å²) in [5.41, 5.74) is 0.758. The van der Waals surface area contributed by atoms with E-state index in [2.05, 4.69) is 15.4 Å². The number of aromatic nitrogens is 3. The van der Waals surface area contributed by atoms with Crippen molar-refractivity contribution in [3.8, 4) is 5.88 Å². The van der Waals surface area contributed by atoms with Crippen LogP contribution in [-0.2, 0) is 4.79 Å². The van der Waals surface area contributed by atoms with E-state index in [0.29, 0.717) is 24.0 Å². The lowest BCUT2D eigenvalue weighted by atomic mass is 10.0. The van der Waals surface area contributed by atoms with Gasteiger partial charge in [-0.3, -0.25) is 4.79 Å². The Morgan fingerprint density at radius 3 is 3.21 bits per heavy atom. The zero-order valence-electron chi connectivity index (χ0n) is 10.3. The van der Waals surface area contributed by atoms with Crippen LogP contribution in [0.15, 0.2) is 18.5 Å². The molecule has 7 heteroatoms. The molecule has 0 aliphatic carbocycles. The molecule has 2 aromatic heterocycles. The van der Waals surface area contributed by atoms with Crippen LogP contribution in [0.5, 0.6) is 5.88 Å². The second-order valence-corrected chi connectivity index (χ2v) is 5.01. The third-order valence-electron chi connectivity index (χ3n) is 3.30. The molecule has 0 aromatic carbocycles. The van der Waals surface area contributed by atoms with E-state index in [1.165, 1.54) is 0 Å². The van der Waals surface area contributed by atoms with Crippen molar-refractivity contribution < 1.29 is 9.53 Å². The largest absolute Gasteiger partial charge is 0.473 e. The Kier molecular flexibility index (Phi) is 3.02. The maximum atomic E-state index is 11.2. The van der Waals surface area contributed by atoms with E-state index < -0.39 is 0 Å². The van der Waals surface area contributed by atoms with Gasteiger partial charge in [0.05, 0.1) is 12.4 Å². The molecule has 1 aliphatic heterocycles. The lowest BCUT2D eigenvalue weighted by Crippen LogP contribution is -2.26. The van der Waals surface area contributed by atoms with E-state index in [0.717, 1.165) is 5.52 Å². The normalized spacial score (nSPS) is 20.5. The summed E-state index contributed by atoms with van der Waals surface area (Å²) in [5, 5.41) is 7.22. The number of rotatable bonds is 3. The first-order chi connectivity index (χ1) is 9.13. The molecule has 2 unspecified atom stereocenters. The molecule has 1 aliphatic rings. The van der Waals surface area contributed by atoms with Gasteiger partial charge in [0.15, 0.2) is 5.15 Å². The van der Waals surface area contributed by atoms with Gasteiger partial charge in [-0.15, -0.1) is 0 Å². The number of nitrogens with zero attached hydrogens (tertiary/aromatic N) is 3. The highest BCUT2D eigenvalue weighted by atomic mass is 35.5. The summed E-state index contributed by atoms with van der Waals surface area (Å²) in [6, 6.07) is 1.81. The van der Waals surface area contributed by atoms with Crippen LogP contribution >= 0.6 is 11.6 Å². The fourth-order valence-corrected chi connectivity index (χ4v) is 2.36.